The van der Waals surface area contributed by atoms with Crippen LogP contribution in [0.1, 0.15) is 38.5 Å². The molecule has 9 heteroatoms. The highest BCUT2D eigenvalue weighted by atomic mass is 32.1. The fourth-order valence-corrected chi connectivity index (χ4v) is 4.01. The van der Waals surface area contributed by atoms with Crippen LogP contribution in [0.5, 0.6) is 0 Å². The van der Waals surface area contributed by atoms with E-state index in [0.717, 1.165) is 11.1 Å². The molecule has 8 nitrogen and oxygen atoms in total. The van der Waals surface area contributed by atoms with E-state index in [0.29, 0.717) is 10.6 Å². The van der Waals surface area contributed by atoms with Gasteiger partial charge >= 0.3 is 11.9 Å². The highest BCUT2D eigenvalue weighted by Crippen LogP contribution is 2.30. The van der Waals surface area contributed by atoms with Gasteiger partial charge in [-0.15, -0.1) is 11.3 Å². The summed E-state index contributed by atoms with van der Waals surface area (Å²) in [5.74, 6) is -0.495. The van der Waals surface area contributed by atoms with Crippen molar-refractivity contribution in [3.63, 3.8) is 0 Å². The molecule has 2 N–H and O–H groups in total. The summed E-state index contributed by atoms with van der Waals surface area (Å²) in [5, 5.41) is 2.12. The Balaban J connectivity index is 1.56. The van der Waals surface area contributed by atoms with Crippen LogP contribution in [0.2, 0.25) is 0 Å². The van der Waals surface area contributed by atoms with Gasteiger partial charge in [0.1, 0.15) is 22.0 Å². The molecule has 0 radical (unpaired) electrons. The van der Waals surface area contributed by atoms with E-state index in [1.807, 2.05) is 41.8 Å². The molecule has 158 valence electrons. The monoisotopic (exact) mass is 437 g/mol. The van der Waals surface area contributed by atoms with Crippen molar-refractivity contribution in [2.45, 2.75) is 20.5 Å². The Morgan fingerprint density at radius 3 is 2.61 bits per heavy atom. The minimum Gasteiger partial charge on any atom is -0.462 e. The molecule has 0 aliphatic heterocycles. The van der Waals surface area contributed by atoms with Gasteiger partial charge in [-0.2, -0.15) is 4.98 Å². The lowest BCUT2D eigenvalue weighted by Crippen LogP contribution is -2.10. The summed E-state index contributed by atoms with van der Waals surface area (Å²) in [6.07, 6.45) is 0. The van der Waals surface area contributed by atoms with Crippen LogP contribution in [0, 0.1) is 6.92 Å². The number of nitrogens with two attached hydrogens (primary N) is 1. The normalized spacial score (nSPS) is 10.9. The molecular formula is C22H19N3O5S. The van der Waals surface area contributed by atoms with Gasteiger partial charge in [-0.05, 0) is 30.9 Å². The molecule has 0 unspecified atom stereocenters. The lowest BCUT2D eigenvalue weighted by Gasteiger charge is -2.06. The molecule has 0 saturated carbocycles. The van der Waals surface area contributed by atoms with Crippen LogP contribution in [0.25, 0.3) is 22.2 Å². The highest BCUT2D eigenvalue weighted by molar-refractivity contribution is 7.12. The van der Waals surface area contributed by atoms with Crippen molar-refractivity contribution in [3.8, 4) is 11.1 Å². The van der Waals surface area contributed by atoms with E-state index < -0.39 is 11.9 Å². The lowest BCUT2D eigenvalue weighted by molar-refractivity contribution is 0.0468. The van der Waals surface area contributed by atoms with Crippen molar-refractivity contribution in [1.29, 1.82) is 0 Å². The second-order valence-electron chi connectivity index (χ2n) is 6.56. The molecule has 31 heavy (non-hydrogen) atoms. The molecule has 1 aromatic carbocycles. The number of thiophene rings is 1. The number of benzene rings is 1. The van der Waals surface area contributed by atoms with Crippen LogP contribution < -0.4 is 5.73 Å². The molecule has 0 fully saturated rings. The first-order valence-electron chi connectivity index (χ1n) is 9.52. The maximum Gasteiger partial charge on any atom is 0.349 e. The van der Waals surface area contributed by atoms with Crippen LogP contribution in [0.3, 0.4) is 0 Å². The summed E-state index contributed by atoms with van der Waals surface area (Å²) in [4.78, 5) is 33.8. The topological polar surface area (TPSA) is 118 Å². The Kier molecular flexibility index (Phi) is 5.68. The van der Waals surface area contributed by atoms with E-state index in [1.54, 1.807) is 13.8 Å². The Morgan fingerprint density at radius 1 is 1.10 bits per heavy atom. The zero-order valence-corrected chi connectivity index (χ0v) is 17.7. The number of fused-ring (bicyclic) bond motifs is 1. The molecule has 0 bridgehead atoms. The first kappa shape index (κ1) is 20.5. The number of nitrogens with zero attached hydrogens (tertiary/aromatic N) is 2. The van der Waals surface area contributed by atoms with E-state index in [4.69, 9.17) is 19.6 Å². The van der Waals surface area contributed by atoms with E-state index in [2.05, 4.69) is 9.97 Å². The maximum absolute atomic E-state index is 12.7. The number of carbonyl (C=O) groups is 2. The molecule has 0 aliphatic carbocycles. The van der Waals surface area contributed by atoms with Crippen LogP contribution in [0.15, 0.2) is 46.2 Å². The van der Waals surface area contributed by atoms with Gasteiger partial charge in [0.2, 0.25) is 5.71 Å². The fraction of sp³-hybridized carbons (Fsp3) is 0.182. The van der Waals surface area contributed by atoms with E-state index >= 15 is 0 Å². The van der Waals surface area contributed by atoms with Gasteiger partial charge in [-0.3, -0.25) is 0 Å². The van der Waals surface area contributed by atoms with Crippen LogP contribution in [-0.2, 0) is 16.1 Å². The number of hydrogen-bond acceptors (Lipinski definition) is 9. The number of furan rings is 1. The fourth-order valence-electron chi connectivity index (χ4n) is 3.21. The van der Waals surface area contributed by atoms with Crippen molar-refractivity contribution in [2.24, 2.45) is 0 Å². The Morgan fingerprint density at radius 2 is 1.87 bits per heavy atom. The predicted molar refractivity (Wildman–Crippen MR) is 116 cm³/mol. The molecule has 3 aromatic heterocycles. The third-order valence-corrected chi connectivity index (χ3v) is 5.44. The number of esters is 2. The Hall–Kier alpha value is -3.72. The number of carbonyl (C=O) groups excluding carboxylic acids is 2. The minimum absolute atomic E-state index is 0.0528. The molecule has 0 saturated heterocycles. The number of rotatable bonds is 6. The summed E-state index contributed by atoms with van der Waals surface area (Å²) < 4.78 is 16.0. The van der Waals surface area contributed by atoms with Gasteiger partial charge in [0.15, 0.2) is 12.4 Å². The number of anilines is 1. The SMILES string of the molecule is CCOC(=O)c1c(C)oc2nc(COC(=O)c3sccc3-c3ccccc3)nc(N)c12. The predicted octanol–water partition coefficient (Wildman–Crippen LogP) is 4.38. The second-order valence-corrected chi connectivity index (χ2v) is 7.48. The largest absolute Gasteiger partial charge is 0.462 e. The average molecular weight is 437 g/mol. The zero-order valence-electron chi connectivity index (χ0n) is 16.9. The van der Waals surface area contributed by atoms with Crippen molar-refractivity contribution >= 4 is 40.2 Å². The van der Waals surface area contributed by atoms with E-state index in [1.165, 1.54) is 11.3 Å². The number of ether oxygens (including phenoxy) is 2. The van der Waals surface area contributed by atoms with Gasteiger partial charge in [-0.1, -0.05) is 30.3 Å². The second kappa shape index (κ2) is 8.57. The lowest BCUT2D eigenvalue weighted by atomic mass is 10.1. The van der Waals surface area contributed by atoms with Gasteiger partial charge in [0.05, 0.1) is 12.0 Å². The molecule has 4 rings (SSSR count). The van der Waals surface area contributed by atoms with Crippen molar-refractivity contribution in [2.75, 3.05) is 12.3 Å². The van der Waals surface area contributed by atoms with E-state index in [9.17, 15) is 9.59 Å². The van der Waals surface area contributed by atoms with Crippen LogP contribution >= 0.6 is 11.3 Å². The molecule has 0 aliphatic rings. The zero-order chi connectivity index (χ0) is 22.0. The molecule has 0 atom stereocenters. The Bertz CT molecular complexity index is 1260. The molecular weight excluding hydrogens is 418 g/mol. The Labute approximate surface area is 181 Å². The van der Waals surface area contributed by atoms with Gasteiger partial charge in [-0.25, -0.2) is 14.6 Å². The molecule has 0 amide bonds. The van der Waals surface area contributed by atoms with Gasteiger partial charge < -0.3 is 19.6 Å². The molecule has 4 aromatic rings. The van der Waals surface area contributed by atoms with Crippen LogP contribution in [0.4, 0.5) is 5.82 Å². The summed E-state index contributed by atoms with van der Waals surface area (Å²) in [5.41, 5.74) is 8.11. The highest BCUT2D eigenvalue weighted by Gasteiger charge is 2.24. The van der Waals surface area contributed by atoms with E-state index in [-0.39, 0.29) is 41.5 Å². The van der Waals surface area contributed by atoms with Crippen molar-refractivity contribution in [1.82, 2.24) is 9.97 Å². The van der Waals surface area contributed by atoms with Gasteiger partial charge in [0, 0.05) is 5.56 Å². The third kappa shape index (κ3) is 3.99. The summed E-state index contributed by atoms with van der Waals surface area (Å²) >= 11 is 1.30. The van der Waals surface area contributed by atoms with Crippen molar-refractivity contribution < 1.29 is 23.5 Å². The van der Waals surface area contributed by atoms with Gasteiger partial charge in [0.25, 0.3) is 0 Å². The number of hydrogen-bond donors (Lipinski definition) is 1. The number of aromatic nitrogens is 2. The number of nitrogen functional groups attached to an aromatic ring is 1. The maximum atomic E-state index is 12.7. The summed E-state index contributed by atoms with van der Waals surface area (Å²) in [6.45, 7) is 3.35. The average Bonchev–Trinajstić information content (AvgIpc) is 3.37. The third-order valence-electron chi connectivity index (χ3n) is 4.55. The summed E-state index contributed by atoms with van der Waals surface area (Å²) in [7, 11) is 0. The first-order valence-corrected chi connectivity index (χ1v) is 10.4. The molecule has 3 heterocycles. The number of aryl methyl sites for hydroxylation is 1. The van der Waals surface area contributed by atoms with Crippen LogP contribution in [-0.4, -0.2) is 28.5 Å². The van der Waals surface area contributed by atoms with Crippen molar-refractivity contribution in [3.05, 3.63) is 63.8 Å². The molecule has 0 spiro atoms. The minimum atomic E-state index is -0.556. The standard InChI is InChI=1S/C22H19N3O5S/c1-3-28-21(26)16-12(2)30-20-17(16)19(23)24-15(25-20)11-29-22(27)18-14(9-10-31-18)13-7-5-4-6-8-13/h4-10H,3,11H2,1-2H3,(H2,23,24,25). The quantitative estimate of drug-likeness (QED) is 0.442. The first-order chi connectivity index (χ1) is 15.0. The smallest absolute Gasteiger partial charge is 0.349 e. The summed E-state index contributed by atoms with van der Waals surface area (Å²) in [6, 6.07) is 11.5.